The molecule has 1 aromatic carbocycles. The van der Waals surface area contributed by atoms with Crippen molar-refractivity contribution in [2.75, 3.05) is 11.9 Å². The van der Waals surface area contributed by atoms with E-state index in [2.05, 4.69) is 5.32 Å². The molecule has 0 saturated carbocycles. The zero-order valence-corrected chi connectivity index (χ0v) is 10.7. The number of nitrogens with one attached hydrogen (secondary N) is 1. The fraction of sp³-hybridized carbons (Fsp3) is 0.364. The van der Waals surface area contributed by atoms with Crippen LogP contribution in [0.5, 0.6) is 5.75 Å². The summed E-state index contributed by atoms with van der Waals surface area (Å²) in [5.41, 5.74) is 0.504. The van der Waals surface area contributed by atoms with Crippen molar-refractivity contribution >= 4 is 34.8 Å². The number of amides is 1. The number of carbonyl (C=O) groups is 1. The summed E-state index contributed by atoms with van der Waals surface area (Å²) in [5.74, 6) is 0.335. The molecule has 1 aromatic rings. The predicted molar refractivity (Wildman–Crippen MR) is 66.6 cm³/mol. The first-order valence-corrected chi connectivity index (χ1v) is 5.69. The summed E-state index contributed by atoms with van der Waals surface area (Å²) in [6, 6.07) is 3.18. The molecule has 1 amide bonds. The van der Waals surface area contributed by atoms with Crippen LogP contribution in [0.4, 0.5) is 5.69 Å². The van der Waals surface area contributed by atoms with Crippen LogP contribution in [0.1, 0.15) is 20.3 Å². The summed E-state index contributed by atoms with van der Waals surface area (Å²) in [4.78, 5) is 10.9. The molecule has 0 atom stereocenters. The van der Waals surface area contributed by atoms with Gasteiger partial charge in [-0.1, -0.05) is 30.1 Å². The van der Waals surface area contributed by atoms with Crippen molar-refractivity contribution in [2.24, 2.45) is 0 Å². The molecule has 0 aliphatic heterocycles. The molecule has 0 aliphatic carbocycles. The van der Waals surface area contributed by atoms with E-state index in [1.54, 1.807) is 12.1 Å². The Morgan fingerprint density at radius 2 is 2.06 bits per heavy atom. The number of ether oxygens (including phenoxy) is 1. The molecule has 0 heterocycles. The standard InChI is InChI=1S/C11H13Cl2NO2/c1-3-4-16-11-6-10(14-7(2)15)8(12)5-9(11)13/h5-6H,3-4H2,1-2H3,(H,14,15). The first-order valence-electron chi connectivity index (χ1n) is 4.94. The second-order valence-corrected chi connectivity index (χ2v) is 4.11. The van der Waals surface area contributed by atoms with Gasteiger partial charge in [-0.15, -0.1) is 0 Å². The molecule has 0 aromatic heterocycles. The SMILES string of the molecule is CCCOc1cc(NC(C)=O)c(Cl)cc1Cl. The summed E-state index contributed by atoms with van der Waals surface area (Å²) in [6.45, 7) is 3.98. The monoisotopic (exact) mass is 261 g/mol. The smallest absolute Gasteiger partial charge is 0.221 e. The van der Waals surface area contributed by atoms with Crippen molar-refractivity contribution in [2.45, 2.75) is 20.3 Å². The second-order valence-electron chi connectivity index (χ2n) is 3.29. The van der Waals surface area contributed by atoms with Gasteiger partial charge in [0.1, 0.15) is 5.75 Å². The second kappa shape index (κ2) is 5.97. The molecular weight excluding hydrogens is 249 g/mol. The minimum atomic E-state index is -0.189. The van der Waals surface area contributed by atoms with Crippen LogP contribution in [0.3, 0.4) is 0 Å². The van der Waals surface area contributed by atoms with Crippen LogP contribution in [0.15, 0.2) is 12.1 Å². The first-order chi connectivity index (χ1) is 7.54. The van der Waals surface area contributed by atoms with Gasteiger partial charge < -0.3 is 10.1 Å². The predicted octanol–water partition coefficient (Wildman–Crippen LogP) is 3.74. The highest BCUT2D eigenvalue weighted by molar-refractivity contribution is 6.37. The van der Waals surface area contributed by atoms with Crippen molar-refractivity contribution in [1.29, 1.82) is 0 Å². The number of carbonyl (C=O) groups excluding carboxylic acids is 1. The van der Waals surface area contributed by atoms with Crippen LogP contribution >= 0.6 is 23.2 Å². The van der Waals surface area contributed by atoms with Crippen LogP contribution in [-0.4, -0.2) is 12.5 Å². The Labute approximate surface area is 105 Å². The van der Waals surface area contributed by atoms with Gasteiger partial charge in [-0.25, -0.2) is 0 Å². The van der Waals surface area contributed by atoms with Crippen LogP contribution in [0, 0.1) is 0 Å². The fourth-order valence-electron chi connectivity index (χ4n) is 1.14. The Balaban J connectivity index is 2.96. The zero-order chi connectivity index (χ0) is 12.1. The van der Waals surface area contributed by atoms with E-state index in [-0.39, 0.29) is 5.91 Å². The highest BCUT2D eigenvalue weighted by Gasteiger charge is 2.09. The average Bonchev–Trinajstić information content (AvgIpc) is 2.20. The first kappa shape index (κ1) is 13.1. The topological polar surface area (TPSA) is 38.3 Å². The van der Waals surface area contributed by atoms with Crippen LogP contribution in [-0.2, 0) is 4.79 Å². The van der Waals surface area contributed by atoms with Gasteiger partial charge in [0.15, 0.2) is 0 Å². The molecule has 0 saturated heterocycles. The molecule has 0 fully saturated rings. The molecule has 0 radical (unpaired) electrons. The Bertz CT molecular complexity index is 394. The molecule has 3 nitrogen and oxygen atoms in total. The van der Waals surface area contributed by atoms with Crippen LogP contribution in [0.25, 0.3) is 0 Å². The number of hydrogen-bond donors (Lipinski definition) is 1. The van der Waals surface area contributed by atoms with Gasteiger partial charge in [0, 0.05) is 13.0 Å². The highest BCUT2D eigenvalue weighted by atomic mass is 35.5. The number of halogens is 2. The van der Waals surface area contributed by atoms with E-state index in [0.29, 0.717) is 28.1 Å². The minimum absolute atomic E-state index is 0.189. The molecule has 0 spiro atoms. The molecule has 88 valence electrons. The number of rotatable bonds is 4. The fourth-order valence-corrected chi connectivity index (χ4v) is 1.62. The molecular formula is C11H13Cl2NO2. The lowest BCUT2D eigenvalue weighted by Gasteiger charge is -2.11. The third-order valence-electron chi connectivity index (χ3n) is 1.79. The Morgan fingerprint density at radius 3 is 2.62 bits per heavy atom. The molecule has 1 rings (SSSR count). The van der Waals surface area contributed by atoms with Crippen molar-refractivity contribution in [3.63, 3.8) is 0 Å². The maximum absolute atomic E-state index is 10.9. The number of benzene rings is 1. The Hall–Kier alpha value is -0.930. The number of anilines is 1. The molecule has 0 bridgehead atoms. The van der Waals surface area contributed by atoms with Crippen molar-refractivity contribution in [3.05, 3.63) is 22.2 Å². The van der Waals surface area contributed by atoms with Crippen molar-refractivity contribution < 1.29 is 9.53 Å². The third kappa shape index (κ3) is 3.58. The largest absolute Gasteiger partial charge is 0.492 e. The summed E-state index contributed by atoms with van der Waals surface area (Å²) < 4.78 is 5.42. The Morgan fingerprint density at radius 1 is 1.38 bits per heavy atom. The van der Waals surface area contributed by atoms with E-state index in [1.165, 1.54) is 6.92 Å². The van der Waals surface area contributed by atoms with Gasteiger partial charge in [0.2, 0.25) is 5.91 Å². The van der Waals surface area contributed by atoms with E-state index < -0.39 is 0 Å². The zero-order valence-electron chi connectivity index (χ0n) is 9.14. The molecule has 5 heteroatoms. The van der Waals surface area contributed by atoms with Gasteiger partial charge in [0.25, 0.3) is 0 Å². The maximum Gasteiger partial charge on any atom is 0.221 e. The van der Waals surface area contributed by atoms with Crippen LogP contribution < -0.4 is 10.1 Å². The lowest BCUT2D eigenvalue weighted by Crippen LogP contribution is -2.07. The lowest BCUT2D eigenvalue weighted by atomic mass is 10.3. The van der Waals surface area contributed by atoms with Crippen molar-refractivity contribution in [3.8, 4) is 5.75 Å². The maximum atomic E-state index is 10.9. The van der Waals surface area contributed by atoms with Gasteiger partial charge >= 0.3 is 0 Å². The quantitative estimate of drug-likeness (QED) is 0.897. The summed E-state index contributed by atoms with van der Waals surface area (Å²) >= 11 is 11.9. The molecule has 0 unspecified atom stereocenters. The highest BCUT2D eigenvalue weighted by Crippen LogP contribution is 2.34. The number of hydrogen-bond acceptors (Lipinski definition) is 2. The third-order valence-corrected chi connectivity index (χ3v) is 2.40. The van der Waals surface area contributed by atoms with E-state index in [4.69, 9.17) is 27.9 Å². The lowest BCUT2D eigenvalue weighted by molar-refractivity contribution is -0.114. The van der Waals surface area contributed by atoms with E-state index in [0.717, 1.165) is 6.42 Å². The van der Waals surface area contributed by atoms with Gasteiger partial charge in [-0.3, -0.25) is 4.79 Å². The van der Waals surface area contributed by atoms with E-state index in [9.17, 15) is 4.79 Å². The summed E-state index contributed by atoms with van der Waals surface area (Å²) in [7, 11) is 0. The molecule has 16 heavy (non-hydrogen) atoms. The average molecular weight is 262 g/mol. The Kier molecular flexibility index (Phi) is 4.90. The minimum Gasteiger partial charge on any atom is -0.492 e. The summed E-state index contributed by atoms with van der Waals surface area (Å²) in [6.07, 6.45) is 0.883. The molecule has 1 N–H and O–H groups in total. The van der Waals surface area contributed by atoms with Crippen molar-refractivity contribution in [1.82, 2.24) is 0 Å². The van der Waals surface area contributed by atoms with Gasteiger partial charge in [-0.05, 0) is 12.5 Å². The summed E-state index contributed by atoms with van der Waals surface area (Å²) in [5, 5.41) is 3.44. The van der Waals surface area contributed by atoms with Crippen LogP contribution in [0.2, 0.25) is 10.0 Å². The molecule has 0 aliphatic rings. The van der Waals surface area contributed by atoms with Gasteiger partial charge in [-0.2, -0.15) is 0 Å². The van der Waals surface area contributed by atoms with E-state index in [1.807, 2.05) is 6.92 Å². The van der Waals surface area contributed by atoms with E-state index >= 15 is 0 Å². The van der Waals surface area contributed by atoms with Gasteiger partial charge in [0.05, 0.1) is 22.3 Å². The normalized spacial score (nSPS) is 10.0.